The van der Waals surface area contributed by atoms with Crippen LogP contribution in [0.15, 0.2) is 35.7 Å². The molecule has 0 fully saturated rings. The number of nitro benzene ring substituents is 1. The number of carbonyl (C=O) groups is 1. The molecule has 1 aromatic carbocycles. The Morgan fingerprint density at radius 2 is 2.19 bits per heavy atom. The summed E-state index contributed by atoms with van der Waals surface area (Å²) >= 11 is 1.60. The number of carboxylic acids is 1. The van der Waals surface area contributed by atoms with Gasteiger partial charge in [-0.25, -0.2) is 4.79 Å². The number of benzene rings is 1. The van der Waals surface area contributed by atoms with Crippen molar-refractivity contribution in [2.24, 2.45) is 0 Å². The van der Waals surface area contributed by atoms with Gasteiger partial charge in [0.1, 0.15) is 5.56 Å². The highest BCUT2D eigenvalue weighted by molar-refractivity contribution is 7.10. The van der Waals surface area contributed by atoms with Gasteiger partial charge in [0, 0.05) is 23.5 Å². The van der Waals surface area contributed by atoms with Crippen LogP contribution < -0.4 is 5.32 Å². The summed E-state index contributed by atoms with van der Waals surface area (Å²) < 4.78 is 0. The predicted molar refractivity (Wildman–Crippen MR) is 79.6 cm³/mol. The summed E-state index contributed by atoms with van der Waals surface area (Å²) in [6.45, 7) is 2.21. The lowest BCUT2D eigenvalue weighted by atomic mass is 10.0. The smallest absolute Gasteiger partial charge is 0.343 e. The van der Waals surface area contributed by atoms with Crippen molar-refractivity contribution in [3.05, 3.63) is 61.8 Å². The fourth-order valence-corrected chi connectivity index (χ4v) is 2.79. The van der Waals surface area contributed by atoms with Gasteiger partial charge in [-0.1, -0.05) is 18.2 Å². The van der Waals surface area contributed by atoms with Crippen LogP contribution in [0.1, 0.15) is 33.8 Å². The average Bonchev–Trinajstić information content (AvgIpc) is 2.98. The van der Waals surface area contributed by atoms with Crippen LogP contribution in [0.4, 0.5) is 5.69 Å². The summed E-state index contributed by atoms with van der Waals surface area (Å²) in [5.41, 5.74) is -0.237. The van der Waals surface area contributed by atoms with Crippen LogP contribution in [-0.4, -0.2) is 16.0 Å². The molecule has 110 valence electrons. The van der Waals surface area contributed by atoms with E-state index in [4.69, 9.17) is 0 Å². The molecular weight excluding hydrogens is 292 g/mol. The maximum absolute atomic E-state index is 11.3. The molecule has 0 spiro atoms. The zero-order valence-electron chi connectivity index (χ0n) is 11.3. The first-order valence-electron chi connectivity index (χ1n) is 6.27. The third kappa shape index (κ3) is 3.45. The van der Waals surface area contributed by atoms with E-state index in [0.29, 0.717) is 5.56 Å². The van der Waals surface area contributed by atoms with E-state index in [1.807, 2.05) is 24.4 Å². The molecule has 21 heavy (non-hydrogen) atoms. The van der Waals surface area contributed by atoms with Gasteiger partial charge in [0.2, 0.25) is 0 Å². The largest absolute Gasteiger partial charge is 0.477 e. The first-order chi connectivity index (χ1) is 10.0. The number of aromatic carboxylic acids is 1. The van der Waals surface area contributed by atoms with E-state index in [1.165, 1.54) is 12.1 Å². The number of nitrogens with zero attached hydrogens (tertiary/aromatic N) is 1. The lowest BCUT2D eigenvalue weighted by Gasteiger charge is -2.13. The van der Waals surface area contributed by atoms with Gasteiger partial charge in [-0.15, -0.1) is 11.3 Å². The van der Waals surface area contributed by atoms with Crippen molar-refractivity contribution in [2.75, 3.05) is 0 Å². The summed E-state index contributed by atoms with van der Waals surface area (Å²) in [6, 6.07) is 8.26. The molecule has 0 aliphatic carbocycles. The van der Waals surface area contributed by atoms with Crippen LogP contribution in [0.25, 0.3) is 0 Å². The van der Waals surface area contributed by atoms with E-state index in [1.54, 1.807) is 17.4 Å². The molecule has 0 aliphatic rings. The predicted octanol–water partition coefficient (Wildman–Crippen LogP) is 3.21. The van der Waals surface area contributed by atoms with Crippen LogP contribution in [0, 0.1) is 10.1 Å². The monoisotopic (exact) mass is 306 g/mol. The Morgan fingerprint density at radius 1 is 1.43 bits per heavy atom. The van der Waals surface area contributed by atoms with Crippen molar-refractivity contribution in [2.45, 2.75) is 19.5 Å². The van der Waals surface area contributed by atoms with Crippen molar-refractivity contribution in [1.29, 1.82) is 0 Å². The van der Waals surface area contributed by atoms with Crippen LogP contribution >= 0.6 is 11.3 Å². The van der Waals surface area contributed by atoms with E-state index in [0.717, 1.165) is 4.88 Å². The maximum atomic E-state index is 11.3. The first-order valence-corrected chi connectivity index (χ1v) is 7.15. The molecule has 6 nitrogen and oxygen atoms in total. The number of nitro groups is 1. The molecular formula is C14H14N2O4S. The molecule has 0 bridgehead atoms. The summed E-state index contributed by atoms with van der Waals surface area (Å²) in [4.78, 5) is 22.7. The van der Waals surface area contributed by atoms with Gasteiger partial charge in [0.25, 0.3) is 5.69 Å². The highest BCUT2D eigenvalue weighted by atomic mass is 32.1. The van der Waals surface area contributed by atoms with Crippen LogP contribution in [0.5, 0.6) is 0 Å². The molecule has 0 aliphatic heterocycles. The SMILES string of the molecule is C[C@@H](NCc1cccc([N+](=O)[O-])c1C(=O)O)c1cccs1. The van der Waals surface area contributed by atoms with Gasteiger partial charge < -0.3 is 10.4 Å². The molecule has 1 atom stereocenters. The second-order valence-corrected chi connectivity index (χ2v) is 5.47. The molecule has 0 saturated heterocycles. The molecule has 1 heterocycles. The number of thiophene rings is 1. The summed E-state index contributed by atoms with van der Waals surface area (Å²) in [5.74, 6) is -1.29. The minimum atomic E-state index is -1.29. The Bertz CT molecular complexity index is 655. The van der Waals surface area contributed by atoms with E-state index in [2.05, 4.69) is 5.32 Å². The first kappa shape index (κ1) is 15.1. The topological polar surface area (TPSA) is 92.5 Å². The Labute approximate surface area is 125 Å². The van der Waals surface area contributed by atoms with Crippen LogP contribution in [0.3, 0.4) is 0 Å². The van der Waals surface area contributed by atoms with Gasteiger partial charge in [-0.05, 0) is 23.9 Å². The lowest BCUT2D eigenvalue weighted by Crippen LogP contribution is -2.19. The van der Waals surface area contributed by atoms with Gasteiger partial charge in [-0.3, -0.25) is 10.1 Å². The zero-order valence-corrected chi connectivity index (χ0v) is 12.1. The van der Waals surface area contributed by atoms with Crippen LogP contribution in [0.2, 0.25) is 0 Å². The van der Waals surface area contributed by atoms with Crippen molar-refractivity contribution in [3.8, 4) is 0 Å². The highest BCUT2D eigenvalue weighted by Crippen LogP contribution is 2.24. The number of nitrogens with one attached hydrogen (secondary N) is 1. The standard InChI is InChI=1S/C14H14N2O4S/c1-9(12-6-3-7-21-12)15-8-10-4-2-5-11(16(19)20)13(10)14(17)18/h2-7,9,15H,8H2,1H3,(H,17,18)/t9-/m1/s1. The van der Waals surface area contributed by atoms with Crippen molar-refractivity contribution >= 4 is 23.0 Å². The third-order valence-electron chi connectivity index (χ3n) is 3.11. The van der Waals surface area contributed by atoms with E-state index < -0.39 is 10.9 Å². The minimum absolute atomic E-state index is 0.0471. The Morgan fingerprint density at radius 3 is 2.76 bits per heavy atom. The quantitative estimate of drug-likeness (QED) is 0.631. The number of hydrogen-bond acceptors (Lipinski definition) is 5. The number of carboxylic acid groups (broad SMARTS) is 1. The van der Waals surface area contributed by atoms with Crippen molar-refractivity contribution in [3.63, 3.8) is 0 Å². The molecule has 1 aromatic heterocycles. The second-order valence-electron chi connectivity index (χ2n) is 4.49. The molecule has 2 aromatic rings. The minimum Gasteiger partial charge on any atom is -0.477 e. The fraction of sp³-hybridized carbons (Fsp3) is 0.214. The number of rotatable bonds is 6. The summed E-state index contributed by atoms with van der Waals surface area (Å²) in [6.07, 6.45) is 0. The average molecular weight is 306 g/mol. The molecule has 2 N–H and O–H groups in total. The molecule has 0 radical (unpaired) electrons. The molecule has 0 unspecified atom stereocenters. The Balaban J connectivity index is 2.22. The molecule has 0 amide bonds. The van der Waals surface area contributed by atoms with Gasteiger partial charge in [0.05, 0.1) is 4.92 Å². The van der Waals surface area contributed by atoms with E-state index >= 15 is 0 Å². The van der Waals surface area contributed by atoms with Gasteiger partial charge in [-0.2, -0.15) is 0 Å². The van der Waals surface area contributed by atoms with E-state index in [9.17, 15) is 20.0 Å². The molecule has 7 heteroatoms. The van der Waals surface area contributed by atoms with Crippen molar-refractivity contribution in [1.82, 2.24) is 5.32 Å². The third-order valence-corrected chi connectivity index (χ3v) is 4.16. The second kappa shape index (κ2) is 6.47. The van der Waals surface area contributed by atoms with Crippen molar-refractivity contribution < 1.29 is 14.8 Å². The highest BCUT2D eigenvalue weighted by Gasteiger charge is 2.23. The van der Waals surface area contributed by atoms with E-state index in [-0.39, 0.29) is 23.8 Å². The normalized spacial score (nSPS) is 12.0. The summed E-state index contributed by atoms with van der Waals surface area (Å²) in [5, 5.41) is 25.3. The van der Waals surface area contributed by atoms with Gasteiger partial charge >= 0.3 is 5.97 Å². The fourth-order valence-electron chi connectivity index (χ4n) is 2.03. The lowest BCUT2D eigenvalue weighted by molar-refractivity contribution is -0.385. The van der Waals surface area contributed by atoms with Gasteiger partial charge in [0.15, 0.2) is 0 Å². The molecule has 2 rings (SSSR count). The Kier molecular flexibility index (Phi) is 4.66. The molecule has 0 saturated carbocycles. The van der Waals surface area contributed by atoms with Crippen LogP contribution in [-0.2, 0) is 6.54 Å². The summed E-state index contributed by atoms with van der Waals surface area (Å²) in [7, 11) is 0. The number of hydrogen-bond donors (Lipinski definition) is 2. The Hall–Kier alpha value is -2.25. The maximum Gasteiger partial charge on any atom is 0.343 e. The zero-order chi connectivity index (χ0) is 15.4.